The third-order valence-corrected chi connectivity index (χ3v) is 3.76. The summed E-state index contributed by atoms with van der Waals surface area (Å²) in [6.07, 6.45) is 0.845. The lowest BCUT2D eigenvalue weighted by atomic mass is 9.95. The number of rotatable bonds is 8. The summed E-state index contributed by atoms with van der Waals surface area (Å²) >= 11 is 0. The van der Waals surface area contributed by atoms with Crippen molar-refractivity contribution in [2.24, 2.45) is 5.73 Å². The van der Waals surface area contributed by atoms with Gasteiger partial charge in [-0.2, -0.15) is 0 Å². The molecule has 0 radical (unpaired) electrons. The van der Waals surface area contributed by atoms with Crippen molar-refractivity contribution in [1.82, 2.24) is 4.90 Å². The van der Waals surface area contributed by atoms with Gasteiger partial charge in [-0.05, 0) is 37.6 Å². The van der Waals surface area contributed by atoms with Crippen molar-refractivity contribution in [2.45, 2.75) is 45.3 Å². The molecule has 0 fully saturated rings. The Kier molecular flexibility index (Phi) is 7.13. The van der Waals surface area contributed by atoms with Crippen LogP contribution in [0.4, 0.5) is 4.39 Å². The van der Waals surface area contributed by atoms with Crippen LogP contribution in [0.25, 0.3) is 0 Å². The Bertz CT molecular complexity index is 400. The van der Waals surface area contributed by atoms with E-state index in [0.717, 1.165) is 18.5 Å². The lowest BCUT2D eigenvalue weighted by Crippen LogP contribution is -2.46. The number of nitrogens with zero attached hydrogens (tertiary/aromatic N) is 1. The molecule has 4 heteroatoms. The molecule has 3 atom stereocenters. The highest BCUT2D eigenvalue weighted by molar-refractivity contribution is 5.22. The summed E-state index contributed by atoms with van der Waals surface area (Å²) in [5, 5.41) is 0. The number of benzene rings is 1. The van der Waals surface area contributed by atoms with Crippen LogP contribution in [-0.2, 0) is 4.74 Å². The van der Waals surface area contributed by atoms with Crippen molar-refractivity contribution in [3.05, 3.63) is 35.6 Å². The highest BCUT2D eigenvalue weighted by atomic mass is 19.1. The van der Waals surface area contributed by atoms with E-state index in [1.165, 1.54) is 6.07 Å². The summed E-state index contributed by atoms with van der Waals surface area (Å²) < 4.78 is 18.8. The molecule has 0 spiro atoms. The molecule has 3 unspecified atom stereocenters. The average molecular weight is 282 g/mol. The van der Waals surface area contributed by atoms with Gasteiger partial charge in [0.15, 0.2) is 0 Å². The molecule has 0 saturated carbocycles. The Morgan fingerprint density at radius 1 is 1.35 bits per heavy atom. The summed E-state index contributed by atoms with van der Waals surface area (Å²) in [5.41, 5.74) is 7.24. The van der Waals surface area contributed by atoms with E-state index in [1.807, 2.05) is 6.07 Å². The van der Waals surface area contributed by atoms with Crippen molar-refractivity contribution in [2.75, 3.05) is 20.3 Å². The highest BCUT2D eigenvalue weighted by Gasteiger charge is 2.28. The molecule has 0 aliphatic heterocycles. The lowest BCUT2D eigenvalue weighted by Gasteiger charge is -2.38. The summed E-state index contributed by atoms with van der Waals surface area (Å²) in [5.74, 6) is -0.216. The monoisotopic (exact) mass is 282 g/mol. The first-order chi connectivity index (χ1) is 9.54. The molecule has 1 aromatic rings. The largest absolute Gasteiger partial charge is 0.383 e. The first-order valence-electron chi connectivity index (χ1n) is 7.30. The fourth-order valence-corrected chi connectivity index (χ4v) is 2.72. The number of methoxy groups -OCH3 is 1. The van der Waals surface area contributed by atoms with E-state index in [0.29, 0.717) is 6.61 Å². The summed E-state index contributed by atoms with van der Waals surface area (Å²) in [6.45, 7) is 7.75. The molecule has 0 bridgehead atoms. The van der Waals surface area contributed by atoms with E-state index in [9.17, 15) is 4.39 Å². The van der Waals surface area contributed by atoms with Gasteiger partial charge < -0.3 is 10.5 Å². The van der Waals surface area contributed by atoms with Crippen LogP contribution >= 0.6 is 0 Å². The maximum Gasteiger partial charge on any atom is 0.123 e. The van der Waals surface area contributed by atoms with Gasteiger partial charge in [0.05, 0.1) is 12.6 Å². The number of ether oxygens (including phenoxy) is 1. The van der Waals surface area contributed by atoms with E-state index in [1.54, 1.807) is 19.2 Å². The molecular weight excluding hydrogens is 255 g/mol. The van der Waals surface area contributed by atoms with Crippen LogP contribution in [-0.4, -0.2) is 37.2 Å². The Balaban J connectivity index is 3.10. The van der Waals surface area contributed by atoms with Crippen LogP contribution in [0.3, 0.4) is 0 Å². The predicted octanol–water partition coefficient (Wildman–Crippen LogP) is 2.96. The molecule has 3 nitrogen and oxygen atoms in total. The number of hydrogen-bond acceptors (Lipinski definition) is 3. The zero-order valence-electron chi connectivity index (χ0n) is 13.0. The van der Waals surface area contributed by atoms with E-state index in [-0.39, 0.29) is 23.9 Å². The van der Waals surface area contributed by atoms with Gasteiger partial charge in [0.1, 0.15) is 5.82 Å². The Morgan fingerprint density at radius 3 is 2.55 bits per heavy atom. The molecule has 2 N–H and O–H groups in total. The topological polar surface area (TPSA) is 38.5 Å². The van der Waals surface area contributed by atoms with E-state index in [4.69, 9.17) is 10.5 Å². The standard InChI is InChI=1S/C16H27FN2O/c1-5-15(18)16(13-8-7-9-14(17)10-13)19(6-2)12(3)11-20-4/h7-10,12,15-16H,5-6,11,18H2,1-4H3. The first-order valence-corrected chi connectivity index (χ1v) is 7.30. The molecule has 1 rings (SSSR count). The Morgan fingerprint density at radius 2 is 2.05 bits per heavy atom. The fourth-order valence-electron chi connectivity index (χ4n) is 2.72. The van der Waals surface area contributed by atoms with Gasteiger partial charge in [0, 0.05) is 19.2 Å². The number of halogens is 1. The summed E-state index contributed by atoms with van der Waals surface area (Å²) in [7, 11) is 1.70. The fraction of sp³-hybridized carbons (Fsp3) is 0.625. The van der Waals surface area contributed by atoms with Gasteiger partial charge in [-0.15, -0.1) is 0 Å². The number of hydrogen-bond donors (Lipinski definition) is 1. The van der Waals surface area contributed by atoms with Crippen molar-refractivity contribution in [3.63, 3.8) is 0 Å². The molecule has 0 saturated heterocycles. The minimum atomic E-state index is -0.216. The number of likely N-dealkylation sites (N-methyl/N-ethyl adjacent to an activating group) is 1. The minimum absolute atomic E-state index is 0.00542. The zero-order chi connectivity index (χ0) is 15.1. The molecule has 20 heavy (non-hydrogen) atoms. The maximum atomic E-state index is 13.5. The molecule has 0 amide bonds. The maximum absolute atomic E-state index is 13.5. The molecule has 0 aliphatic carbocycles. The molecule has 1 aromatic carbocycles. The molecule has 0 aliphatic rings. The van der Waals surface area contributed by atoms with E-state index >= 15 is 0 Å². The summed E-state index contributed by atoms with van der Waals surface area (Å²) in [4.78, 5) is 2.28. The SMILES string of the molecule is CCC(N)C(c1cccc(F)c1)N(CC)C(C)COC. The first kappa shape index (κ1) is 17.1. The van der Waals surface area contributed by atoms with E-state index < -0.39 is 0 Å². The van der Waals surface area contributed by atoms with Crippen molar-refractivity contribution in [1.29, 1.82) is 0 Å². The highest BCUT2D eigenvalue weighted by Crippen LogP contribution is 2.27. The summed E-state index contributed by atoms with van der Waals surface area (Å²) in [6, 6.07) is 6.95. The lowest BCUT2D eigenvalue weighted by molar-refractivity contribution is 0.0627. The van der Waals surface area contributed by atoms with Gasteiger partial charge >= 0.3 is 0 Å². The van der Waals surface area contributed by atoms with Gasteiger partial charge in [0.25, 0.3) is 0 Å². The molecule has 0 aromatic heterocycles. The normalized spacial score (nSPS) is 16.1. The van der Waals surface area contributed by atoms with E-state index in [2.05, 4.69) is 25.7 Å². The minimum Gasteiger partial charge on any atom is -0.383 e. The van der Waals surface area contributed by atoms with Crippen LogP contribution in [0.2, 0.25) is 0 Å². The van der Waals surface area contributed by atoms with Crippen molar-refractivity contribution in [3.8, 4) is 0 Å². The third kappa shape index (κ3) is 4.27. The quantitative estimate of drug-likeness (QED) is 0.796. The second-order valence-electron chi connectivity index (χ2n) is 5.21. The Hall–Kier alpha value is -0.970. The van der Waals surface area contributed by atoms with Gasteiger partial charge in [-0.3, -0.25) is 4.90 Å². The second-order valence-corrected chi connectivity index (χ2v) is 5.21. The van der Waals surface area contributed by atoms with Crippen LogP contribution in [0.5, 0.6) is 0 Å². The van der Waals surface area contributed by atoms with Gasteiger partial charge in [-0.1, -0.05) is 26.0 Å². The zero-order valence-corrected chi connectivity index (χ0v) is 13.0. The van der Waals surface area contributed by atoms with Gasteiger partial charge in [0.2, 0.25) is 0 Å². The van der Waals surface area contributed by atoms with Gasteiger partial charge in [-0.25, -0.2) is 4.39 Å². The predicted molar refractivity (Wildman–Crippen MR) is 81.1 cm³/mol. The molecule has 114 valence electrons. The molecule has 0 heterocycles. The van der Waals surface area contributed by atoms with Crippen LogP contribution in [0.1, 0.15) is 38.8 Å². The van der Waals surface area contributed by atoms with Crippen molar-refractivity contribution < 1.29 is 9.13 Å². The average Bonchev–Trinajstić information content (AvgIpc) is 2.43. The van der Waals surface area contributed by atoms with Crippen LogP contribution in [0, 0.1) is 5.82 Å². The number of nitrogens with two attached hydrogens (primary N) is 1. The van der Waals surface area contributed by atoms with Crippen molar-refractivity contribution >= 4 is 0 Å². The third-order valence-electron chi connectivity index (χ3n) is 3.76. The van der Waals surface area contributed by atoms with Crippen LogP contribution in [0.15, 0.2) is 24.3 Å². The second kappa shape index (κ2) is 8.35. The Labute approximate surface area is 121 Å². The molecular formula is C16H27FN2O. The van der Waals surface area contributed by atoms with Crippen LogP contribution < -0.4 is 5.73 Å². The smallest absolute Gasteiger partial charge is 0.123 e.